The van der Waals surface area contributed by atoms with E-state index in [1.54, 1.807) is 24.3 Å². The molecule has 0 bridgehead atoms. The zero-order valence-electron chi connectivity index (χ0n) is 13.3. The van der Waals surface area contributed by atoms with Crippen molar-refractivity contribution in [1.29, 1.82) is 0 Å². The highest BCUT2D eigenvalue weighted by atomic mass is 32.1. The van der Waals surface area contributed by atoms with Gasteiger partial charge in [-0.25, -0.2) is 0 Å². The van der Waals surface area contributed by atoms with Crippen LogP contribution in [0.4, 0.5) is 0 Å². The van der Waals surface area contributed by atoms with Crippen LogP contribution in [0.15, 0.2) is 27.4 Å². The number of nitrogens with one attached hydrogen (secondary N) is 1. The molecule has 3 aromatic rings. The molecular formula is C16H18N4O2S. The number of hydrogen-bond acceptors (Lipinski definition) is 5. The first-order chi connectivity index (χ1) is 11.1. The summed E-state index contributed by atoms with van der Waals surface area (Å²) in [7, 11) is 0. The van der Waals surface area contributed by atoms with Gasteiger partial charge < -0.3 is 9.84 Å². The summed E-state index contributed by atoms with van der Waals surface area (Å²) in [6, 6.07) is 3.72. The second-order valence-corrected chi connectivity index (χ2v) is 6.14. The summed E-state index contributed by atoms with van der Waals surface area (Å²) in [6.45, 7) is 6.91. The molecule has 120 valence electrons. The molecule has 0 fully saturated rings. The molecule has 0 unspecified atom stereocenters. The predicted octanol–water partition coefficient (Wildman–Crippen LogP) is 2.95. The van der Waals surface area contributed by atoms with Gasteiger partial charge in [0.2, 0.25) is 0 Å². The van der Waals surface area contributed by atoms with Crippen molar-refractivity contribution in [2.45, 2.75) is 27.3 Å². The molecule has 1 amide bonds. The van der Waals surface area contributed by atoms with Gasteiger partial charge in [0.25, 0.3) is 5.91 Å². The second-order valence-electron chi connectivity index (χ2n) is 5.36. The molecule has 0 aliphatic heterocycles. The Morgan fingerprint density at radius 3 is 2.87 bits per heavy atom. The van der Waals surface area contributed by atoms with E-state index in [-0.39, 0.29) is 5.91 Å². The van der Waals surface area contributed by atoms with Gasteiger partial charge in [0.05, 0.1) is 12.2 Å². The molecule has 6 nitrogen and oxygen atoms in total. The average Bonchev–Trinajstić information content (AvgIpc) is 3.22. The lowest BCUT2D eigenvalue weighted by molar-refractivity contribution is 0.0942. The van der Waals surface area contributed by atoms with Gasteiger partial charge in [-0.05, 0) is 43.2 Å². The van der Waals surface area contributed by atoms with Gasteiger partial charge in [0, 0.05) is 23.9 Å². The lowest BCUT2D eigenvalue weighted by atomic mass is 10.1. The molecule has 0 aliphatic rings. The van der Waals surface area contributed by atoms with Crippen LogP contribution in [-0.2, 0) is 6.54 Å². The smallest absolute Gasteiger partial charge is 0.273 e. The molecule has 3 aromatic heterocycles. The maximum atomic E-state index is 11.9. The Kier molecular flexibility index (Phi) is 4.29. The monoisotopic (exact) mass is 330 g/mol. The molecular weight excluding hydrogens is 312 g/mol. The number of rotatable bonds is 5. The van der Waals surface area contributed by atoms with E-state index >= 15 is 0 Å². The first-order valence-electron chi connectivity index (χ1n) is 7.34. The van der Waals surface area contributed by atoms with Gasteiger partial charge in [-0.1, -0.05) is 5.16 Å². The maximum Gasteiger partial charge on any atom is 0.273 e. The highest BCUT2D eigenvalue weighted by Crippen LogP contribution is 2.28. The van der Waals surface area contributed by atoms with E-state index in [9.17, 15) is 4.79 Å². The molecule has 3 heterocycles. The van der Waals surface area contributed by atoms with Gasteiger partial charge in [0.1, 0.15) is 5.76 Å². The lowest BCUT2D eigenvalue weighted by Crippen LogP contribution is -2.28. The minimum Gasteiger partial charge on any atom is -0.361 e. The third-order valence-corrected chi connectivity index (χ3v) is 4.34. The van der Waals surface area contributed by atoms with Crippen molar-refractivity contribution < 1.29 is 9.32 Å². The van der Waals surface area contributed by atoms with Crippen molar-refractivity contribution in [1.82, 2.24) is 20.3 Å². The van der Waals surface area contributed by atoms with Crippen molar-refractivity contribution in [3.05, 3.63) is 45.7 Å². The Morgan fingerprint density at radius 2 is 2.22 bits per heavy atom. The number of aryl methyl sites for hydroxylation is 2. The summed E-state index contributed by atoms with van der Waals surface area (Å²) in [5.74, 6) is 0.385. The molecule has 0 saturated heterocycles. The Bertz CT molecular complexity index is 817. The van der Waals surface area contributed by atoms with Gasteiger partial charge in [0.15, 0.2) is 5.69 Å². The summed E-state index contributed by atoms with van der Waals surface area (Å²) >= 11 is 1.67. The van der Waals surface area contributed by atoms with Crippen molar-refractivity contribution >= 4 is 17.2 Å². The van der Waals surface area contributed by atoms with Gasteiger partial charge in [-0.3, -0.25) is 9.48 Å². The number of carbonyl (C=O) groups is 1. The number of aromatic nitrogens is 3. The lowest BCUT2D eigenvalue weighted by Gasteiger charge is -2.06. The van der Waals surface area contributed by atoms with E-state index < -0.39 is 0 Å². The van der Waals surface area contributed by atoms with Crippen molar-refractivity contribution in [2.24, 2.45) is 0 Å². The Morgan fingerprint density at radius 1 is 1.39 bits per heavy atom. The number of amides is 1. The summed E-state index contributed by atoms with van der Waals surface area (Å²) < 4.78 is 6.83. The summed E-state index contributed by atoms with van der Waals surface area (Å²) in [5, 5.41) is 15.3. The van der Waals surface area contributed by atoms with Crippen LogP contribution in [0, 0.1) is 20.8 Å². The van der Waals surface area contributed by atoms with Crippen LogP contribution < -0.4 is 5.32 Å². The van der Waals surface area contributed by atoms with Crippen LogP contribution in [0.1, 0.15) is 27.6 Å². The number of nitrogens with zero attached hydrogens (tertiary/aromatic N) is 3. The molecule has 1 N–H and O–H groups in total. The van der Waals surface area contributed by atoms with Gasteiger partial charge >= 0.3 is 0 Å². The van der Waals surface area contributed by atoms with Crippen LogP contribution in [0.25, 0.3) is 11.1 Å². The second kappa shape index (κ2) is 6.37. The molecule has 0 radical (unpaired) electrons. The average molecular weight is 330 g/mol. The van der Waals surface area contributed by atoms with Gasteiger partial charge in [-0.2, -0.15) is 16.4 Å². The van der Waals surface area contributed by atoms with Crippen LogP contribution in [0.2, 0.25) is 0 Å². The van der Waals surface area contributed by atoms with Crippen LogP contribution >= 0.6 is 11.3 Å². The van der Waals surface area contributed by atoms with Crippen LogP contribution in [-0.4, -0.2) is 27.4 Å². The van der Waals surface area contributed by atoms with Crippen molar-refractivity contribution in [3.8, 4) is 11.1 Å². The molecule has 7 heteroatoms. The third kappa shape index (κ3) is 3.19. The molecule has 23 heavy (non-hydrogen) atoms. The molecule has 0 aromatic carbocycles. The largest absolute Gasteiger partial charge is 0.361 e. The first-order valence-corrected chi connectivity index (χ1v) is 8.28. The quantitative estimate of drug-likeness (QED) is 0.780. The normalized spacial score (nSPS) is 10.9. The third-order valence-electron chi connectivity index (χ3n) is 3.66. The van der Waals surface area contributed by atoms with E-state index in [2.05, 4.69) is 39.3 Å². The van der Waals surface area contributed by atoms with Crippen molar-refractivity contribution in [3.63, 3.8) is 0 Å². The van der Waals surface area contributed by atoms with E-state index in [0.29, 0.717) is 24.5 Å². The summed E-state index contributed by atoms with van der Waals surface area (Å²) in [4.78, 5) is 11.9. The molecule has 0 atom stereocenters. The number of hydrogen-bond donors (Lipinski definition) is 1. The standard InChI is InChI=1S/C16H18N4O2S/c1-10-8-14(19-22-10)16(21)17-5-6-20-12(3)15(11(2)18-20)13-4-7-23-9-13/h4,7-9H,5-6H2,1-3H3,(H,17,21). The zero-order chi connectivity index (χ0) is 16.4. The van der Waals surface area contributed by atoms with E-state index in [1.807, 2.05) is 11.6 Å². The summed E-state index contributed by atoms with van der Waals surface area (Å²) in [6.07, 6.45) is 0. The Labute approximate surface area is 138 Å². The number of thiophene rings is 1. The molecule has 0 spiro atoms. The SMILES string of the molecule is Cc1cc(C(=O)NCCn2nc(C)c(-c3ccsc3)c2C)no1. The van der Waals surface area contributed by atoms with Gasteiger partial charge in [-0.15, -0.1) is 0 Å². The fraction of sp³-hybridized carbons (Fsp3) is 0.312. The van der Waals surface area contributed by atoms with E-state index in [1.165, 1.54) is 11.1 Å². The van der Waals surface area contributed by atoms with Crippen LogP contribution in [0.3, 0.4) is 0 Å². The first kappa shape index (κ1) is 15.5. The van der Waals surface area contributed by atoms with Crippen molar-refractivity contribution in [2.75, 3.05) is 6.54 Å². The fourth-order valence-electron chi connectivity index (χ4n) is 2.58. The Balaban J connectivity index is 1.65. The van der Waals surface area contributed by atoms with E-state index in [0.717, 1.165) is 11.4 Å². The minimum absolute atomic E-state index is 0.235. The van der Waals surface area contributed by atoms with Crippen LogP contribution in [0.5, 0.6) is 0 Å². The minimum atomic E-state index is -0.235. The zero-order valence-corrected chi connectivity index (χ0v) is 14.1. The molecule has 3 rings (SSSR count). The van der Waals surface area contributed by atoms with E-state index in [4.69, 9.17) is 4.52 Å². The maximum absolute atomic E-state index is 11.9. The Hall–Kier alpha value is -2.41. The fourth-order valence-corrected chi connectivity index (χ4v) is 3.23. The highest BCUT2D eigenvalue weighted by molar-refractivity contribution is 7.08. The molecule has 0 saturated carbocycles. The highest BCUT2D eigenvalue weighted by Gasteiger charge is 2.14. The molecule has 0 aliphatic carbocycles. The topological polar surface area (TPSA) is 73.0 Å². The predicted molar refractivity (Wildman–Crippen MR) is 88.6 cm³/mol. The number of carbonyl (C=O) groups excluding carboxylic acids is 1. The summed E-state index contributed by atoms with van der Waals surface area (Å²) in [5.41, 5.74) is 4.77.